The van der Waals surface area contributed by atoms with E-state index in [4.69, 9.17) is 25.4 Å². The summed E-state index contributed by atoms with van der Waals surface area (Å²) in [6.07, 6.45) is 0. The molecular weight excluding hydrogens is 283 g/mol. The first-order valence-corrected chi connectivity index (χ1v) is 0.913. The molecule has 9 heteroatoms. The molecule has 0 atom stereocenters. The summed E-state index contributed by atoms with van der Waals surface area (Å²) in [6, 6.07) is 0. The van der Waals surface area contributed by atoms with Crippen LogP contribution in [0.3, 0.4) is 0 Å². The van der Waals surface area contributed by atoms with E-state index in [1.54, 1.807) is 0 Å². The molecule has 0 fully saturated rings. The van der Waals surface area contributed by atoms with E-state index in [2.05, 4.69) is 0 Å². The van der Waals surface area contributed by atoms with Crippen molar-refractivity contribution in [3.05, 3.63) is 25.4 Å². The minimum atomic E-state index is -1.75. The van der Waals surface area contributed by atoms with Gasteiger partial charge in [0, 0.05) is 0 Å². The zero-order valence-corrected chi connectivity index (χ0v) is 11.3. The Morgan fingerprint density at radius 3 is 1.22 bits per heavy atom. The Labute approximate surface area is 124 Å². The summed E-state index contributed by atoms with van der Waals surface area (Å²) in [5.74, 6) is 0. The second-order valence-electron chi connectivity index (χ2n) is 0.298. The first-order chi connectivity index (χ1) is 3.15. The van der Waals surface area contributed by atoms with Gasteiger partial charge in [-0.3, -0.25) is 0 Å². The molecule has 0 aliphatic heterocycles. The molecule has 0 bridgehead atoms. The average Bonchev–Trinajstić information content (AvgIpc) is 1.33. The molecule has 0 saturated heterocycles. The molecule has 0 rings (SSSR count). The second-order valence-corrected chi connectivity index (χ2v) is 0.298. The third-order valence-corrected chi connectivity index (χ3v) is 0. The maximum atomic E-state index is 8.25. The predicted octanol–water partition coefficient (Wildman–Crippen LogP) is -0.750. The maximum absolute atomic E-state index is 8.25. The molecule has 0 aliphatic rings. The van der Waals surface area contributed by atoms with Gasteiger partial charge in [0.05, 0.1) is 5.09 Å². The van der Waals surface area contributed by atoms with Gasteiger partial charge in [-0.1, -0.05) is 0 Å². The molecular formula is N2O5Sr2+2. The van der Waals surface area contributed by atoms with Crippen LogP contribution in [0.15, 0.2) is 5.34 Å². The number of rotatable bonds is 0. The smallest absolute Gasteiger partial charge is 0.444 e. The van der Waals surface area contributed by atoms with Crippen LogP contribution < -0.4 is 0 Å². The molecule has 7 nitrogen and oxygen atoms in total. The molecule has 0 aliphatic carbocycles. The summed E-state index contributed by atoms with van der Waals surface area (Å²) in [5.41, 5.74) is 0. The molecule has 0 saturated carbocycles. The number of hydrogen-bond donors (Lipinski definition) is 0. The van der Waals surface area contributed by atoms with Crippen LogP contribution in [0.2, 0.25) is 0 Å². The molecule has 42 valence electrons. The first-order valence-electron chi connectivity index (χ1n) is 0.913. The fraction of sp³-hybridized carbons (Fsp3) is 0. The molecule has 0 aromatic heterocycles. The Hall–Kier alpha value is 1.56. The van der Waals surface area contributed by atoms with E-state index >= 15 is 0 Å². The van der Waals surface area contributed by atoms with Gasteiger partial charge >= 0.3 is 91.0 Å². The molecule has 0 unspecified atom stereocenters. The van der Waals surface area contributed by atoms with Gasteiger partial charge in [-0.25, -0.2) is 0 Å². The van der Waals surface area contributed by atoms with E-state index < -0.39 is 5.09 Å². The zero-order valence-electron chi connectivity index (χ0n) is 4.35. The topological polar surface area (TPSA) is 119 Å². The molecule has 0 amide bonds. The molecule has 9 heavy (non-hydrogen) atoms. The van der Waals surface area contributed by atoms with Crippen molar-refractivity contribution in [1.29, 1.82) is 0 Å². The summed E-state index contributed by atoms with van der Waals surface area (Å²) < 4.78 is 0. The second kappa shape index (κ2) is 22.7. The number of nitrogens with zero attached hydrogens (tertiary/aromatic N) is 2. The van der Waals surface area contributed by atoms with Gasteiger partial charge in [-0.2, -0.15) is 0 Å². The normalized spacial score (nSPS) is 4.00. The Morgan fingerprint density at radius 1 is 1.22 bits per heavy atom. The minimum Gasteiger partial charge on any atom is -0.444 e. The van der Waals surface area contributed by atoms with Crippen LogP contribution in [-0.2, 0) is 0 Å². The summed E-state index contributed by atoms with van der Waals surface area (Å²) in [5, 5.41) is 23.8. The average molecular weight is 283 g/mol. The third kappa shape index (κ3) is 224. The fourth-order valence-electron chi connectivity index (χ4n) is 0. The van der Waals surface area contributed by atoms with Crippen molar-refractivity contribution < 1.29 is 5.09 Å². The molecule has 0 radical (unpaired) electrons. The summed E-state index contributed by atoms with van der Waals surface area (Å²) in [7, 11) is 0. The fourth-order valence-corrected chi connectivity index (χ4v) is 0. The van der Waals surface area contributed by atoms with E-state index in [-0.39, 0.29) is 91.0 Å². The van der Waals surface area contributed by atoms with E-state index in [9.17, 15) is 0 Å². The van der Waals surface area contributed by atoms with E-state index in [0.717, 1.165) is 5.34 Å². The summed E-state index contributed by atoms with van der Waals surface area (Å²) in [6.45, 7) is 0. The molecule has 0 spiro atoms. The Bertz CT molecular complexity index is 60.0. The van der Waals surface area contributed by atoms with Gasteiger partial charge in [-0.15, -0.1) is 5.34 Å². The Balaban J connectivity index is -0.0000000233. The van der Waals surface area contributed by atoms with Gasteiger partial charge in [0.25, 0.3) is 0 Å². The molecule has 0 aromatic carbocycles. The van der Waals surface area contributed by atoms with Crippen LogP contribution in [0.25, 0.3) is 0 Å². The monoisotopic (exact) mass is 284 g/mol. The van der Waals surface area contributed by atoms with Crippen LogP contribution in [0.5, 0.6) is 0 Å². The SMILES string of the molecule is O=N[O-].O=[N+]([O-])[O-].[Sr+2].[Sr+2]. The quantitative estimate of drug-likeness (QED) is 0.251. The van der Waals surface area contributed by atoms with E-state index in [1.807, 2.05) is 0 Å². The Kier molecular flexibility index (Phi) is 56.5. The van der Waals surface area contributed by atoms with E-state index in [0.29, 0.717) is 0 Å². The van der Waals surface area contributed by atoms with Crippen LogP contribution >= 0.6 is 0 Å². The van der Waals surface area contributed by atoms with Crippen molar-refractivity contribution in [2.75, 3.05) is 0 Å². The van der Waals surface area contributed by atoms with Crippen LogP contribution in [0.4, 0.5) is 0 Å². The van der Waals surface area contributed by atoms with Gasteiger partial charge in [0.15, 0.2) is 0 Å². The standard InChI is InChI=1S/NO3.HNO2.2Sr/c2-1(3)4;2-1-3;;/h;(H,2,3);;/q-1;;2*+2/p-1. The maximum Gasteiger partial charge on any atom is 2.00 e. The van der Waals surface area contributed by atoms with Crippen molar-refractivity contribution in [3.63, 3.8) is 0 Å². The molecule has 0 N–H and O–H groups in total. The van der Waals surface area contributed by atoms with Crippen LogP contribution in [-0.4, -0.2) is 96.0 Å². The Morgan fingerprint density at radius 2 is 1.22 bits per heavy atom. The van der Waals surface area contributed by atoms with Crippen LogP contribution in [0.1, 0.15) is 0 Å². The van der Waals surface area contributed by atoms with Gasteiger partial charge in [0.2, 0.25) is 0 Å². The zero-order chi connectivity index (χ0) is 6.28. The summed E-state index contributed by atoms with van der Waals surface area (Å²) >= 11 is 0. The van der Waals surface area contributed by atoms with Crippen molar-refractivity contribution in [2.24, 2.45) is 5.34 Å². The molecule has 0 heterocycles. The van der Waals surface area contributed by atoms with Gasteiger partial charge < -0.3 is 25.4 Å². The minimum absolute atomic E-state index is 0. The number of hydrogen-bond acceptors (Lipinski definition) is 6. The van der Waals surface area contributed by atoms with Gasteiger partial charge in [-0.05, 0) is 0 Å². The van der Waals surface area contributed by atoms with Crippen molar-refractivity contribution >= 4 is 91.0 Å². The molecule has 0 aromatic rings. The van der Waals surface area contributed by atoms with E-state index in [1.165, 1.54) is 0 Å². The third-order valence-electron chi connectivity index (χ3n) is 0. The van der Waals surface area contributed by atoms with Gasteiger partial charge in [0.1, 0.15) is 0 Å². The van der Waals surface area contributed by atoms with Crippen molar-refractivity contribution in [2.45, 2.75) is 0 Å². The first kappa shape index (κ1) is 22.4. The largest absolute Gasteiger partial charge is 2.00 e. The van der Waals surface area contributed by atoms with Crippen molar-refractivity contribution in [3.8, 4) is 0 Å². The van der Waals surface area contributed by atoms with Crippen molar-refractivity contribution in [1.82, 2.24) is 0 Å². The predicted molar refractivity (Wildman–Crippen MR) is 31.0 cm³/mol. The summed E-state index contributed by atoms with van der Waals surface area (Å²) in [4.78, 5) is 16.2. The van der Waals surface area contributed by atoms with Crippen LogP contribution in [0, 0.1) is 25.4 Å².